The van der Waals surface area contributed by atoms with Gasteiger partial charge in [-0.15, -0.1) is 0 Å². The number of aryl methyl sites for hydroxylation is 2. The van der Waals surface area contributed by atoms with Crippen molar-refractivity contribution >= 4 is 23.1 Å². The van der Waals surface area contributed by atoms with Gasteiger partial charge in [0, 0.05) is 11.3 Å². The van der Waals surface area contributed by atoms with Gasteiger partial charge in [-0.05, 0) is 73.0 Å². The van der Waals surface area contributed by atoms with Gasteiger partial charge in [0.15, 0.2) is 11.5 Å². The number of benzene rings is 3. The summed E-state index contributed by atoms with van der Waals surface area (Å²) in [6.45, 7) is 3.95. The van der Waals surface area contributed by atoms with Gasteiger partial charge in [0.05, 0.1) is 18.7 Å². The number of aliphatic hydroxyl groups is 1. The first-order chi connectivity index (χ1) is 16.4. The molecule has 7 nitrogen and oxygen atoms in total. The molecule has 1 saturated heterocycles. The Morgan fingerprint density at radius 1 is 0.941 bits per heavy atom. The summed E-state index contributed by atoms with van der Waals surface area (Å²) in [5.74, 6) is -0.0667. The molecule has 1 fully saturated rings. The Bertz CT molecular complexity index is 1320. The lowest BCUT2D eigenvalue weighted by molar-refractivity contribution is -0.132. The Hall–Kier alpha value is -4.26. The molecule has 0 bridgehead atoms. The van der Waals surface area contributed by atoms with Gasteiger partial charge in [0.1, 0.15) is 11.5 Å². The molecule has 5 rings (SSSR count). The number of ketones is 1. The van der Waals surface area contributed by atoms with Gasteiger partial charge < -0.3 is 19.3 Å². The van der Waals surface area contributed by atoms with Crippen molar-refractivity contribution in [3.05, 3.63) is 88.5 Å². The predicted molar refractivity (Wildman–Crippen MR) is 126 cm³/mol. The molecule has 0 radical (unpaired) electrons. The standard InChI is InChI=1S/C27H23NO6/c1-15-10-16(2)12-19(11-15)28-24(17-4-7-20(32-3)8-5-17)23(26(30)27(28)31)25(29)18-6-9-21-22(13-18)34-14-33-21/h4-13,24,29H,14H2,1-3H3/b25-23-. The number of aliphatic hydroxyl groups excluding tert-OH is 1. The van der Waals surface area contributed by atoms with Gasteiger partial charge in [-0.1, -0.05) is 18.2 Å². The first kappa shape index (κ1) is 21.6. The van der Waals surface area contributed by atoms with E-state index < -0.39 is 17.7 Å². The van der Waals surface area contributed by atoms with Crippen LogP contribution >= 0.6 is 0 Å². The Morgan fingerprint density at radius 3 is 2.29 bits per heavy atom. The van der Waals surface area contributed by atoms with Gasteiger partial charge in [-0.2, -0.15) is 0 Å². The zero-order chi connectivity index (χ0) is 24.0. The second-order valence-electron chi connectivity index (χ2n) is 8.36. The summed E-state index contributed by atoms with van der Waals surface area (Å²) in [7, 11) is 1.57. The molecule has 2 aliphatic heterocycles. The van der Waals surface area contributed by atoms with E-state index in [0.29, 0.717) is 34.1 Å². The molecule has 2 heterocycles. The van der Waals surface area contributed by atoms with Crippen molar-refractivity contribution in [2.75, 3.05) is 18.8 Å². The van der Waals surface area contributed by atoms with Crippen LogP contribution in [0.3, 0.4) is 0 Å². The van der Waals surface area contributed by atoms with Crippen molar-refractivity contribution in [1.29, 1.82) is 0 Å². The fourth-order valence-electron chi connectivity index (χ4n) is 4.49. The van der Waals surface area contributed by atoms with Crippen LogP contribution in [0.25, 0.3) is 5.76 Å². The summed E-state index contributed by atoms with van der Waals surface area (Å²) in [5, 5.41) is 11.3. The predicted octanol–water partition coefficient (Wildman–Crippen LogP) is 4.67. The normalized spacial score (nSPS) is 18.4. The number of fused-ring (bicyclic) bond motifs is 1. The van der Waals surface area contributed by atoms with Crippen molar-refractivity contribution in [3.63, 3.8) is 0 Å². The Kier molecular flexibility index (Phi) is 5.24. The molecule has 1 unspecified atom stereocenters. The molecule has 172 valence electrons. The summed E-state index contributed by atoms with van der Waals surface area (Å²) < 4.78 is 16.0. The lowest BCUT2D eigenvalue weighted by atomic mass is 9.94. The molecular formula is C27H23NO6. The minimum Gasteiger partial charge on any atom is -0.507 e. The van der Waals surface area contributed by atoms with Crippen molar-refractivity contribution in [2.45, 2.75) is 19.9 Å². The molecule has 1 N–H and O–H groups in total. The zero-order valence-electron chi connectivity index (χ0n) is 19.0. The second-order valence-corrected chi connectivity index (χ2v) is 8.36. The number of anilines is 1. The number of carbonyl (C=O) groups is 2. The fraction of sp³-hybridized carbons (Fsp3) is 0.185. The number of Topliss-reactive ketones (excluding diaryl/α,β-unsaturated/α-hetero) is 1. The van der Waals surface area contributed by atoms with Crippen molar-refractivity contribution in [2.24, 2.45) is 0 Å². The number of hydrogen-bond acceptors (Lipinski definition) is 6. The van der Waals surface area contributed by atoms with Crippen LogP contribution in [-0.2, 0) is 9.59 Å². The van der Waals surface area contributed by atoms with Gasteiger partial charge in [-0.3, -0.25) is 14.5 Å². The number of nitrogens with zero attached hydrogens (tertiary/aromatic N) is 1. The van der Waals surface area contributed by atoms with Crippen LogP contribution in [0.4, 0.5) is 5.69 Å². The van der Waals surface area contributed by atoms with Crippen molar-refractivity contribution in [1.82, 2.24) is 0 Å². The number of ether oxygens (including phenoxy) is 3. The minimum atomic E-state index is -0.822. The molecule has 0 aromatic heterocycles. The molecule has 3 aromatic carbocycles. The van der Waals surface area contributed by atoms with Gasteiger partial charge in [-0.25, -0.2) is 0 Å². The maximum Gasteiger partial charge on any atom is 0.300 e. The van der Waals surface area contributed by atoms with Crippen LogP contribution < -0.4 is 19.1 Å². The van der Waals surface area contributed by atoms with Crippen LogP contribution in [0.2, 0.25) is 0 Å². The van der Waals surface area contributed by atoms with E-state index >= 15 is 0 Å². The van der Waals surface area contributed by atoms with E-state index in [1.807, 2.05) is 32.0 Å². The molecule has 0 spiro atoms. The number of carbonyl (C=O) groups excluding carboxylic acids is 2. The Balaban J connectivity index is 1.71. The zero-order valence-corrected chi connectivity index (χ0v) is 19.0. The maximum atomic E-state index is 13.3. The topological polar surface area (TPSA) is 85.3 Å². The number of rotatable bonds is 4. The van der Waals surface area contributed by atoms with E-state index in [-0.39, 0.29) is 18.1 Å². The highest BCUT2D eigenvalue weighted by Gasteiger charge is 2.47. The van der Waals surface area contributed by atoms with E-state index in [2.05, 4.69) is 0 Å². The van der Waals surface area contributed by atoms with Crippen LogP contribution in [0, 0.1) is 13.8 Å². The first-order valence-electron chi connectivity index (χ1n) is 10.8. The molecule has 1 atom stereocenters. The Morgan fingerprint density at radius 2 is 1.62 bits per heavy atom. The highest BCUT2D eigenvalue weighted by atomic mass is 16.7. The largest absolute Gasteiger partial charge is 0.507 e. The molecule has 3 aromatic rings. The van der Waals surface area contributed by atoms with Gasteiger partial charge >= 0.3 is 0 Å². The van der Waals surface area contributed by atoms with E-state index in [9.17, 15) is 14.7 Å². The van der Waals surface area contributed by atoms with Crippen molar-refractivity contribution in [3.8, 4) is 17.2 Å². The number of amides is 1. The van der Waals surface area contributed by atoms with Crippen LogP contribution in [-0.4, -0.2) is 30.7 Å². The van der Waals surface area contributed by atoms with Crippen LogP contribution in [0.1, 0.15) is 28.3 Å². The first-order valence-corrected chi connectivity index (χ1v) is 10.8. The van der Waals surface area contributed by atoms with E-state index in [0.717, 1.165) is 11.1 Å². The van der Waals surface area contributed by atoms with Crippen molar-refractivity contribution < 1.29 is 28.9 Å². The lowest BCUT2D eigenvalue weighted by Gasteiger charge is -2.26. The third kappa shape index (κ3) is 3.55. The molecular weight excluding hydrogens is 434 g/mol. The van der Waals surface area contributed by atoms with Crippen LogP contribution in [0.5, 0.6) is 17.2 Å². The van der Waals surface area contributed by atoms with Crippen LogP contribution in [0.15, 0.2) is 66.2 Å². The van der Waals surface area contributed by atoms with E-state index in [4.69, 9.17) is 14.2 Å². The maximum absolute atomic E-state index is 13.3. The Labute approximate surface area is 196 Å². The van der Waals surface area contributed by atoms with E-state index in [1.165, 1.54) is 4.90 Å². The summed E-state index contributed by atoms with van der Waals surface area (Å²) in [6.07, 6.45) is 0. The highest BCUT2D eigenvalue weighted by Crippen LogP contribution is 2.44. The molecule has 7 heteroatoms. The van der Waals surface area contributed by atoms with Gasteiger partial charge in [0.25, 0.3) is 11.7 Å². The number of methoxy groups -OCH3 is 1. The third-order valence-electron chi connectivity index (χ3n) is 6.01. The third-order valence-corrected chi connectivity index (χ3v) is 6.01. The molecule has 0 aliphatic carbocycles. The van der Waals surface area contributed by atoms with E-state index in [1.54, 1.807) is 49.6 Å². The number of hydrogen-bond donors (Lipinski definition) is 1. The minimum absolute atomic E-state index is 0.00758. The molecule has 0 saturated carbocycles. The molecule has 1 amide bonds. The SMILES string of the molecule is COc1ccc(C2/C(=C(/O)c3ccc4c(c3)OCO4)C(=O)C(=O)N2c2cc(C)cc(C)c2)cc1. The summed E-state index contributed by atoms with van der Waals surface area (Å²) in [6, 6.07) is 16.9. The molecule has 34 heavy (non-hydrogen) atoms. The fourth-order valence-corrected chi connectivity index (χ4v) is 4.49. The molecule has 2 aliphatic rings. The average Bonchev–Trinajstić information content (AvgIpc) is 3.40. The summed E-state index contributed by atoms with van der Waals surface area (Å²) in [5.41, 5.74) is 3.54. The summed E-state index contributed by atoms with van der Waals surface area (Å²) in [4.78, 5) is 28.1. The highest BCUT2D eigenvalue weighted by molar-refractivity contribution is 6.51. The average molecular weight is 457 g/mol. The second kappa shape index (κ2) is 8.26. The monoisotopic (exact) mass is 457 g/mol. The van der Waals surface area contributed by atoms with Gasteiger partial charge in [0.2, 0.25) is 6.79 Å². The lowest BCUT2D eigenvalue weighted by Crippen LogP contribution is -2.29. The smallest absolute Gasteiger partial charge is 0.300 e. The quantitative estimate of drug-likeness (QED) is 0.348. The summed E-state index contributed by atoms with van der Waals surface area (Å²) >= 11 is 0.